The topological polar surface area (TPSA) is 78.9 Å². The molecule has 1 atom stereocenters. The Hall–Kier alpha value is -5.23. The summed E-state index contributed by atoms with van der Waals surface area (Å²) in [5.74, 6) is -0.987. The van der Waals surface area contributed by atoms with Gasteiger partial charge in [-0.25, -0.2) is 0 Å². The molecule has 0 saturated heterocycles. The first kappa shape index (κ1) is 73.8. The zero-order valence-corrected chi connectivity index (χ0v) is 50.6. The van der Waals surface area contributed by atoms with Gasteiger partial charge in [0.1, 0.15) is 13.2 Å². The zero-order chi connectivity index (χ0) is 57.1. The van der Waals surface area contributed by atoms with Crippen LogP contribution in [0.2, 0.25) is 0 Å². The predicted molar refractivity (Wildman–Crippen MR) is 343 cm³/mol. The summed E-state index contributed by atoms with van der Waals surface area (Å²) >= 11 is 0. The molecule has 0 rings (SSSR count). The van der Waals surface area contributed by atoms with E-state index in [4.69, 9.17) is 14.2 Å². The van der Waals surface area contributed by atoms with E-state index >= 15 is 0 Å². The number of rotatable bonds is 55. The van der Waals surface area contributed by atoms with E-state index in [9.17, 15) is 14.4 Å². The molecule has 0 radical (unpaired) electrons. The van der Waals surface area contributed by atoms with Crippen molar-refractivity contribution in [3.8, 4) is 0 Å². The van der Waals surface area contributed by atoms with E-state index in [0.717, 1.165) is 154 Å². The minimum atomic E-state index is -0.822. The van der Waals surface area contributed by atoms with E-state index in [1.807, 2.05) is 0 Å². The van der Waals surface area contributed by atoms with Crippen molar-refractivity contribution < 1.29 is 28.6 Å². The SMILES string of the molecule is CC/C=C\C/C=C\C/C=C\C/C=C\C/C=C\CCCCCC(=O)OCC(COC(=O)CCCCCCCCCCCC/C=C\C/C=C\C/C=C\C/C=C\CC)OC(=O)CCCCC/C=C\C/C=C\C/C=C\C/C=C\C/C=C\CC. The van der Waals surface area contributed by atoms with Crippen LogP contribution in [0.1, 0.15) is 252 Å². The Morgan fingerprint density at radius 3 is 0.722 bits per heavy atom. The van der Waals surface area contributed by atoms with Gasteiger partial charge < -0.3 is 14.2 Å². The average molecular weight is 1090 g/mol. The lowest BCUT2D eigenvalue weighted by Gasteiger charge is -2.18. The van der Waals surface area contributed by atoms with Crippen LogP contribution in [0.15, 0.2) is 170 Å². The summed E-state index contributed by atoms with van der Waals surface area (Å²) in [6.45, 7) is 6.24. The van der Waals surface area contributed by atoms with Crippen LogP contribution in [0.3, 0.4) is 0 Å². The van der Waals surface area contributed by atoms with Gasteiger partial charge >= 0.3 is 17.9 Å². The molecule has 0 spiro atoms. The molecule has 6 heteroatoms. The minimum absolute atomic E-state index is 0.112. The highest BCUT2D eigenvalue weighted by molar-refractivity contribution is 5.71. The second-order valence-electron chi connectivity index (χ2n) is 20.2. The van der Waals surface area contributed by atoms with Gasteiger partial charge in [0.2, 0.25) is 0 Å². The Labute approximate surface area is 485 Å². The molecule has 0 saturated carbocycles. The molecule has 0 aliphatic carbocycles. The van der Waals surface area contributed by atoms with Crippen molar-refractivity contribution in [1.29, 1.82) is 0 Å². The third-order valence-corrected chi connectivity index (χ3v) is 12.7. The van der Waals surface area contributed by atoms with E-state index in [-0.39, 0.29) is 37.5 Å². The molecule has 0 bridgehead atoms. The van der Waals surface area contributed by atoms with Crippen LogP contribution >= 0.6 is 0 Å². The Kier molecular flexibility index (Phi) is 61.0. The van der Waals surface area contributed by atoms with Gasteiger partial charge in [0, 0.05) is 19.3 Å². The molecule has 442 valence electrons. The van der Waals surface area contributed by atoms with Crippen molar-refractivity contribution in [2.75, 3.05) is 13.2 Å². The number of unbranched alkanes of at least 4 members (excludes halogenated alkanes) is 16. The first-order chi connectivity index (χ1) is 39.0. The van der Waals surface area contributed by atoms with Gasteiger partial charge in [-0.15, -0.1) is 0 Å². The van der Waals surface area contributed by atoms with Crippen LogP contribution in [0, 0.1) is 0 Å². The van der Waals surface area contributed by atoms with E-state index in [1.165, 1.54) is 51.4 Å². The van der Waals surface area contributed by atoms with E-state index in [2.05, 4.69) is 191 Å². The summed E-state index contributed by atoms with van der Waals surface area (Å²) in [4.78, 5) is 38.4. The molecule has 0 aliphatic heterocycles. The van der Waals surface area contributed by atoms with Gasteiger partial charge in [-0.2, -0.15) is 0 Å². The fourth-order valence-electron chi connectivity index (χ4n) is 8.07. The van der Waals surface area contributed by atoms with Gasteiger partial charge in [0.15, 0.2) is 6.10 Å². The summed E-state index contributed by atoms with van der Waals surface area (Å²) < 4.78 is 16.9. The average Bonchev–Trinajstić information content (AvgIpc) is 3.45. The maximum atomic E-state index is 12.9. The molecule has 0 N–H and O–H groups in total. The number of allylic oxidation sites excluding steroid dienone is 28. The second kappa shape index (κ2) is 65.3. The van der Waals surface area contributed by atoms with E-state index in [0.29, 0.717) is 19.3 Å². The molecule has 1 unspecified atom stereocenters. The van der Waals surface area contributed by atoms with Crippen molar-refractivity contribution in [1.82, 2.24) is 0 Å². The van der Waals surface area contributed by atoms with Crippen LogP contribution in [0.4, 0.5) is 0 Å². The van der Waals surface area contributed by atoms with Gasteiger partial charge in [0.25, 0.3) is 0 Å². The summed E-state index contributed by atoms with van der Waals surface area (Å²) in [7, 11) is 0. The fraction of sp³-hybridized carbons (Fsp3) is 0.575. The van der Waals surface area contributed by atoms with Crippen molar-refractivity contribution in [2.24, 2.45) is 0 Å². The molecule has 79 heavy (non-hydrogen) atoms. The summed E-state index contributed by atoms with van der Waals surface area (Å²) in [6.07, 6.45) is 96.3. The van der Waals surface area contributed by atoms with Crippen molar-refractivity contribution in [3.05, 3.63) is 170 Å². The van der Waals surface area contributed by atoms with Crippen LogP contribution in [0.25, 0.3) is 0 Å². The number of carbonyl (C=O) groups excluding carboxylic acids is 3. The van der Waals surface area contributed by atoms with Gasteiger partial charge in [0.05, 0.1) is 0 Å². The number of ether oxygens (including phenoxy) is 3. The van der Waals surface area contributed by atoms with Crippen LogP contribution < -0.4 is 0 Å². The Morgan fingerprint density at radius 2 is 0.456 bits per heavy atom. The van der Waals surface area contributed by atoms with Gasteiger partial charge in [-0.05, 0) is 148 Å². The van der Waals surface area contributed by atoms with E-state index < -0.39 is 6.10 Å². The van der Waals surface area contributed by atoms with Crippen LogP contribution in [-0.4, -0.2) is 37.2 Å². The van der Waals surface area contributed by atoms with Crippen LogP contribution in [-0.2, 0) is 28.6 Å². The molecule has 0 amide bonds. The molecule has 0 aliphatic rings. The van der Waals surface area contributed by atoms with Crippen LogP contribution in [0.5, 0.6) is 0 Å². The highest BCUT2D eigenvalue weighted by atomic mass is 16.6. The maximum Gasteiger partial charge on any atom is 0.306 e. The Bertz CT molecular complexity index is 1820. The molecular formula is C73H114O6. The molecule has 0 aromatic carbocycles. The second-order valence-corrected chi connectivity index (χ2v) is 20.2. The highest BCUT2D eigenvalue weighted by Crippen LogP contribution is 2.14. The fourth-order valence-corrected chi connectivity index (χ4v) is 8.07. The van der Waals surface area contributed by atoms with Crippen molar-refractivity contribution in [2.45, 2.75) is 258 Å². The van der Waals surface area contributed by atoms with Gasteiger partial charge in [-0.1, -0.05) is 255 Å². The third kappa shape index (κ3) is 63.5. The Balaban J connectivity index is 4.53. The zero-order valence-electron chi connectivity index (χ0n) is 50.6. The van der Waals surface area contributed by atoms with E-state index in [1.54, 1.807) is 0 Å². The molecule has 0 aromatic rings. The quantitative estimate of drug-likeness (QED) is 0.0261. The highest BCUT2D eigenvalue weighted by Gasteiger charge is 2.19. The molecule has 0 heterocycles. The molecule has 6 nitrogen and oxygen atoms in total. The van der Waals surface area contributed by atoms with Gasteiger partial charge in [-0.3, -0.25) is 14.4 Å². The smallest absolute Gasteiger partial charge is 0.306 e. The third-order valence-electron chi connectivity index (χ3n) is 12.7. The summed E-state index contributed by atoms with van der Waals surface area (Å²) in [6, 6.07) is 0. The predicted octanol–water partition coefficient (Wildman–Crippen LogP) is 21.9. The standard InChI is InChI=1S/C73H114O6/c1-4-7-10-13-16-19-22-25-28-31-34-35-36-37-40-42-45-48-51-54-57-60-63-66-72(75)78-69-70(79-73(76)67-64-61-58-55-52-49-46-43-39-33-30-27-24-21-18-15-12-9-6-3)68-77-71(74)65-62-59-56-53-50-47-44-41-38-32-29-26-23-20-17-14-11-8-5-2/h7-12,16-21,25-30,34-35,38-39,41,43,47,49-50,52,70H,4-6,13-15,22-24,31-33,36-37,40,42,44-46,48,51,53-69H2,1-3H3/b10-7-,11-8-,12-9-,19-16-,20-17-,21-18-,28-25-,29-26-,30-27-,35-34-,41-38-,43-39-,50-47-,52-49-. The Morgan fingerprint density at radius 1 is 0.253 bits per heavy atom. The molecule has 0 aromatic heterocycles. The lowest BCUT2D eigenvalue weighted by Crippen LogP contribution is -2.30. The first-order valence-corrected chi connectivity index (χ1v) is 31.6. The number of hydrogen-bond donors (Lipinski definition) is 0. The maximum absolute atomic E-state index is 12.9. The molecular weight excluding hydrogens is 973 g/mol. The summed E-state index contributed by atoms with van der Waals surface area (Å²) in [5.41, 5.74) is 0. The number of hydrogen-bond acceptors (Lipinski definition) is 6. The van der Waals surface area contributed by atoms with Crippen molar-refractivity contribution >= 4 is 17.9 Å². The lowest BCUT2D eigenvalue weighted by atomic mass is 10.1. The number of esters is 3. The monoisotopic (exact) mass is 1090 g/mol. The summed E-state index contributed by atoms with van der Waals surface area (Å²) in [5, 5.41) is 0. The first-order valence-electron chi connectivity index (χ1n) is 31.6. The van der Waals surface area contributed by atoms with Crippen molar-refractivity contribution in [3.63, 3.8) is 0 Å². The molecule has 0 fully saturated rings. The minimum Gasteiger partial charge on any atom is -0.462 e. The number of carbonyl (C=O) groups is 3. The largest absolute Gasteiger partial charge is 0.462 e. The lowest BCUT2D eigenvalue weighted by molar-refractivity contribution is -0.167. The normalized spacial score (nSPS) is 13.3.